The van der Waals surface area contributed by atoms with E-state index < -0.39 is 0 Å². The topological polar surface area (TPSA) is 52.7 Å². The van der Waals surface area contributed by atoms with Gasteiger partial charge in [-0.3, -0.25) is 9.59 Å². The zero-order chi connectivity index (χ0) is 16.9. The van der Waals surface area contributed by atoms with Gasteiger partial charge in [-0.1, -0.05) is 12.8 Å². The average Bonchev–Trinajstić information content (AvgIpc) is 2.85. The number of anilines is 2. The van der Waals surface area contributed by atoms with Crippen LogP contribution in [0, 0.1) is 0 Å². The number of hydrogen-bond donors (Lipinski definition) is 1. The van der Waals surface area contributed by atoms with E-state index in [1.165, 1.54) is 12.8 Å². The molecular weight excluding hydrogens is 302 g/mol. The molecule has 130 valence electrons. The van der Waals surface area contributed by atoms with Gasteiger partial charge in [-0.15, -0.1) is 0 Å². The summed E-state index contributed by atoms with van der Waals surface area (Å²) in [4.78, 5) is 28.2. The number of rotatable bonds is 4. The van der Waals surface area contributed by atoms with Crippen LogP contribution in [0.15, 0.2) is 24.3 Å². The average molecular weight is 329 g/mol. The van der Waals surface area contributed by atoms with Gasteiger partial charge in [0.25, 0.3) is 0 Å². The lowest BCUT2D eigenvalue weighted by molar-refractivity contribution is -0.131. The lowest BCUT2D eigenvalue weighted by atomic mass is 10.2. The normalized spacial score (nSPS) is 20.0. The van der Waals surface area contributed by atoms with Crippen molar-refractivity contribution in [2.45, 2.75) is 51.5 Å². The second kappa shape index (κ2) is 7.69. The highest BCUT2D eigenvalue weighted by Gasteiger charge is 2.23. The van der Waals surface area contributed by atoms with Crippen LogP contribution in [-0.4, -0.2) is 42.4 Å². The minimum absolute atomic E-state index is 0.177. The van der Waals surface area contributed by atoms with Crippen LogP contribution in [0.4, 0.5) is 11.4 Å². The molecule has 5 nitrogen and oxygen atoms in total. The summed E-state index contributed by atoms with van der Waals surface area (Å²) in [6.07, 6.45) is 6.24. The van der Waals surface area contributed by atoms with E-state index in [1.54, 1.807) is 0 Å². The smallest absolute Gasteiger partial charge is 0.244 e. The Labute approximate surface area is 144 Å². The predicted octanol–water partition coefficient (Wildman–Crippen LogP) is 3.02. The van der Waals surface area contributed by atoms with E-state index in [0.29, 0.717) is 6.42 Å². The van der Waals surface area contributed by atoms with Crippen LogP contribution in [-0.2, 0) is 9.59 Å². The molecule has 2 amide bonds. The largest absolute Gasteiger partial charge is 0.374 e. The van der Waals surface area contributed by atoms with E-state index in [0.717, 1.165) is 50.3 Å². The molecule has 2 fully saturated rings. The highest BCUT2D eigenvalue weighted by Crippen LogP contribution is 2.23. The van der Waals surface area contributed by atoms with Crippen molar-refractivity contribution in [2.75, 3.05) is 29.9 Å². The fraction of sp³-hybridized carbons (Fsp3) is 0.579. The zero-order valence-electron chi connectivity index (χ0n) is 14.5. The first-order valence-corrected chi connectivity index (χ1v) is 9.11. The molecule has 0 aliphatic carbocycles. The molecule has 5 heteroatoms. The summed E-state index contributed by atoms with van der Waals surface area (Å²) < 4.78 is 0. The fourth-order valence-electron chi connectivity index (χ4n) is 3.54. The van der Waals surface area contributed by atoms with Gasteiger partial charge in [-0.05, 0) is 50.5 Å². The summed E-state index contributed by atoms with van der Waals surface area (Å²) in [5.41, 5.74) is 1.86. The molecule has 1 aromatic carbocycles. The first-order valence-electron chi connectivity index (χ1n) is 9.11. The minimum Gasteiger partial charge on any atom is -0.374 e. The highest BCUT2D eigenvalue weighted by atomic mass is 16.2. The standard InChI is InChI=1S/C19H27N3O2/c1-15(19(24)21-12-4-2-3-5-13-21)20-16-8-10-17(11-9-16)22-14-6-7-18(22)23/h8-11,15,20H,2-7,12-14H2,1H3/t15-/m0/s1. The molecule has 0 aromatic heterocycles. The van der Waals surface area contributed by atoms with Gasteiger partial charge in [0.2, 0.25) is 11.8 Å². The Hall–Kier alpha value is -2.04. The summed E-state index contributed by atoms with van der Waals surface area (Å²) in [6.45, 7) is 4.47. The van der Waals surface area contributed by atoms with Gasteiger partial charge in [0.15, 0.2) is 0 Å². The Morgan fingerprint density at radius 3 is 2.25 bits per heavy atom. The first-order chi connectivity index (χ1) is 11.6. The summed E-state index contributed by atoms with van der Waals surface area (Å²) >= 11 is 0. The number of amides is 2. The van der Waals surface area contributed by atoms with Gasteiger partial charge in [0.1, 0.15) is 6.04 Å². The van der Waals surface area contributed by atoms with Crippen LogP contribution in [0.1, 0.15) is 45.4 Å². The molecule has 2 heterocycles. The molecular formula is C19H27N3O2. The Balaban J connectivity index is 1.58. The molecule has 2 aliphatic rings. The molecule has 0 unspecified atom stereocenters. The third-order valence-corrected chi connectivity index (χ3v) is 4.92. The Bertz CT molecular complexity index is 577. The fourth-order valence-corrected chi connectivity index (χ4v) is 3.54. The lowest BCUT2D eigenvalue weighted by Crippen LogP contribution is -2.41. The summed E-state index contributed by atoms with van der Waals surface area (Å²) in [5.74, 6) is 0.371. The van der Waals surface area contributed by atoms with Crippen LogP contribution < -0.4 is 10.2 Å². The lowest BCUT2D eigenvalue weighted by Gasteiger charge is -2.25. The van der Waals surface area contributed by atoms with Crippen LogP contribution in [0.5, 0.6) is 0 Å². The summed E-state index contributed by atoms with van der Waals surface area (Å²) in [7, 11) is 0. The van der Waals surface area contributed by atoms with Gasteiger partial charge in [0.05, 0.1) is 0 Å². The van der Waals surface area contributed by atoms with Crippen molar-refractivity contribution in [1.82, 2.24) is 4.90 Å². The third-order valence-electron chi connectivity index (χ3n) is 4.92. The SMILES string of the molecule is C[C@H](Nc1ccc(N2CCCC2=O)cc1)C(=O)N1CCCCCC1. The molecule has 3 rings (SSSR count). The molecule has 0 saturated carbocycles. The quantitative estimate of drug-likeness (QED) is 0.924. The number of nitrogens with zero attached hydrogens (tertiary/aromatic N) is 2. The number of hydrogen-bond acceptors (Lipinski definition) is 3. The van der Waals surface area contributed by atoms with Crippen molar-refractivity contribution >= 4 is 23.2 Å². The van der Waals surface area contributed by atoms with Gasteiger partial charge in [-0.2, -0.15) is 0 Å². The second-order valence-electron chi connectivity index (χ2n) is 6.80. The van der Waals surface area contributed by atoms with Crippen molar-refractivity contribution in [3.8, 4) is 0 Å². The predicted molar refractivity (Wildman–Crippen MR) is 96.2 cm³/mol. The maximum Gasteiger partial charge on any atom is 0.244 e. The maximum absolute atomic E-state index is 12.6. The van der Waals surface area contributed by atoms with Crippen LogP contribution in [0.3, 0.4) is 0 Å². The molecule has 0 bridgehead atoms. The van der Waals surface area contributed by atoms with E-state index >= 15 is 0 Å². The molecule has 0 spiro atoms. The first kappa shape index (κ1) is 16.8. The number of carbonyl (C=O) groups excluding carboxylic acids is 2. The molecule has 0 radical (unpaired) electrons. The van der Waals surface area contributed by atoms with E-state index in [9.17, 15) is 9.59 Å². The number of benzene rings is 1. The molecule has 1 atom stereocenters. The number of likely N-dealkylation sites (tertiary alicyclic amines) is 1. The van der Waals surface area contributed by atoms with Crippen molar-refractivity contribution < 1.29 is 9.59 Å². The van der Waals surface area contributed by atoms with E-state index in [4.69, 9.17) is 0 Å². The van der Waals surface area contributed by atoms with Gasteiger partial charge in [-0.25, -0.2) is 0 Å². The second-order valence-corrected chi connectivity index (χ2v) is 6.80. The molecule has 2 aliphatic heterocycles. The van der Waals surface area contributed by atoms with E-state index in [2.05, 4.69) is 5.32 Å². The highest BCUT2D eigenvalue weighted by molar-refractivity contribution is 5.95. The van der Waals surface area contributed by atoms with Gasteiger partial charge < -0.3 is 15.1 Å². The molecule has 1 aromatic rings. The van der Waals surface area contributed by atoms with Crippen molar-refractivity contribution in [2.24, 2.45) is 0 Å². The van der Waals surface area contributed by atoms with Crippen LogP contribution in [0.25, 0.3) is 0 Å². The molecule has 1 N–H and O–H groups in total. The monoisotopic (exact) mass is 329 g/mol. The summed E-state index contributed by atoms with van der Waals surface area (Å²) in [5, 5.41) is 3.29. The van der Waals surface area contributed by atoms with Crippen LogP contribution in [0.2, 0.25) is 0 Å². The van der Waals surface area contributed by atoms with Crippen molar-refractivity contribution in [3.05, 3.63) is 24.3 Å². The van der Waals surface area contributed by atoms with E-state index in [-0.39, 0.29) is 17.9 Å². The minimum atomic E-state index is -0.234. The molecule has 2 saturated heterocycles. The maximum atomic E-state index is 12.6. The van der Waals surface area contributed by atoms with Crippen LogP contribution >= 0.6 is 0 Å². The zero-order valence-corrected chi connectivity index (χ0v) is 14.5. The Kier molecular flexibility index (Phi) is 5.38. The molecule has 24 heavy (non-hydrogen) atoms. The summed E-state index contributed by atoms with van der Waals surface area (Å²) in [6, 6.07) is 7.58. The third kappa shape index (κ3) is 3.89. The number of nitrogens with one attached hydrogen (secondary N) is 1. The van der Waals surface area contributed by atoms with E-state index in [1.807, 2.05) is 41.0 Å². The van der Waals surface area contributed by atoms with Crippen molar-refractivity contribution in [1.29, 1.82) is 0 Å². The van der Waals surface area contributed by atoms with Crippen molar-refractivity contribution in [3.63, 3.8) is 0 Å². The van der Waals surface area contributed by atoms with Gasteiger partial charge >= 0.3 is 0 Å². The Morgan fingerprint density at radius 2 is 1.67 bits per heavy atom. The van der Waals surface area contributed by atoms with Gasteiger partial charge in [0, 0.05) is 37.4 Å². The number of carbonyl (C=O) groups is 2. The Morgan fingerprint density at radius 1 is 1.00 bits per heavy atom.